The van der Waals surface area contributed by atoms with Crippen LogP contribution in [0.2, 0.25) is 0 Å². The topological polar surface area (TPSA) is 80.8 Å². The molecule has 0 atom stereocenters. The molecule has 0 spiro atoms. The molecule has 1 aliphatic heterocycles. The summed E-state index contributed by atoms with van der Waals surface area (Å²) in [7, 11) is -4.41. The SMILES string of the molecule is O=C(c1ccc(F)cc1)c1ccc(OC(=O)C2CCN(S(=O)(=O)c3ccccc3C(F)(F)F)CC2)cc1. The highest BCUT2D eigenvalue weighted by Gasteiger charge is 2.40. The predicted octanol–water partition coefficient (Wildman–Crippen LogP) is 5.08. The fraction of sp³-hybridized carbons (Fsp3) is 0.231. The van der Waals surface area contributed by atoms with Crippen LogP contribution >= 0.6 is 0 Å². The number of sulfonamides is 1. The van der Waals surface area contributed by atoms with E-state index in [1.807, 2.05) is 0 Å². The molecule has 4 rings (SSSR count). The Morgan fingerprint density at radius 3 is 1.95 bits per heavy atom. The van der Waals surface area contributed by atoms with E-state index in [-0.39, 0.29) is 37.5 Å². The van der Waals surface area contributed by atoms with Crippen LogP contribution in [-0.2, 0) is 21.0 Å². The van der Waals surface area contributed by atoms with Gasteiger partial charge in [-0.1, -0.05) is 12.1 Å². The van der Waals surface area contributed by atoms with Gasteiger partial charge < -0.3 is 4.74 Å². The molecule has 0 bridgehead atoms. The number of nitrogens with zero attached hydrogens (tertiary/aromatic N) is 1. The van der Waals surface area contributed by atoms with Crippen LogP contribution in [0, 0.1) is 11.7 Å². The quantitative estimate of drug-likeness (QED) is 0.190. The number of carbonyl (C=O) groups excluding carboxylic acids is 2. The maximum absolute atomic E-state index is 13.3. The molecule has 194 valence electrons. The zero-order chi connectivity index (χ0) is 26.8. The standard InChI is InChI=1S/C26H21F4NO5S/c27-20-9-5-17(6-10-20)24(32)18-7-11-21(12-8-18)36-25(33)19-13-15-31(16-14-19)37(34,35)23-4-2-1-3-22(23)26(28,29)30/h1-12,19H,13-16H2. The van der Waals surface area contributed by atoms with Crippen molar-refractivity contribution in [1.29, 1.82) is 0 Å². The molecule has 0 aromatic heterocycles. The second-order valence-corrected chi connectivity index (χ2v) is 10.4. The number of ether oxygens (including phenoxy) is 1. The Hall–Kier alpha value is -3.57. The van der Waals surface area contributed by atoms with Crippen LogP contribution in [0.4, 0.5) is 17.6 Å². The first kappa shape index (κ1) is 26.5. The van der Waals surface area contributed by atoms with Crippen molar-refractivity contribution in [3.05, 3.63) is 95.3 Å². The molecule has 0 aliphatic carbocycles. The van der Waals surface area contributed by atoms with Gasteiger partial charge in [0.05, 0.1) is 16.4 Å². The highest BCUT2D eigenvalue weighted by Crippen LogP contribution is 2.36. The number of hydrogen-bond acceptors (Lipinski definition) is 5. The minimum atomic E-state index is -4.83. The molecule has 1 heterocycles. The van der Waals surface area contributed by atoms with E-state index in [0.29, 0.717) is 11.1 Å². The highest BCUT2D eigenvalue weighted by molar-refractivity contribution is 7.89. The van der Waals surface area contributed by atoms with Crippen LogP contribution < -0.4 is 4.74 Å². The first-order chi connectivity index (χ1) is 17.5. The molecule has 3 aromatic rings. The normalized spacial score (nSPS) is 15.4. The lowest BCUT2D eigenvalue weighted by Gasteiger charge is -2.30. The number of carbonyl (C=O) groups is 2. The molecule has 3 aromatic carbocycles. The van der Waals surface area contributed by atoms with Crippen LogP contribution in [0.15, 0.2) is 77.7 Å². The number of rotatable bonds is 6. The smallest absolute Gasteiger partial charge is 0.417 e. The fourth-order valence-corrected chi connectivity index (χ4v) is 5.72. The minimum absolute atomic E-state index is 0.0768. The predicted molar refractivity (Wildman–Crippen MR) is 125 cm³/mol. The van der Waals surface area contributed by atoms with Crippen molar-refractivity contribution in [1.82, 2.24) is 4.31 Å². The van der Waals surface area contributed by atoms with Crippen LogP contribution in [0.1, 0.15) is 34.3 Å². The summed E-state index contributed by atoms with van der Waals surface area (Å²) in [4.78, 5) is 24.3. The number of esters is 1. The molecule has 37 heavy (non-hydrogen) atoms. The lowest BCUT2D eigenvalue weighted by Crippen LogP contribution is -2.41. The molecular weight excluding hydrogens is 514 g/mol. The van der Waals surface area contributed by atoms with Crippen molar-refractivity contribution < 1.29 is 40.3 Å². The second-order valence-electron chi connectivity index (χ2n) is 8.45. The lowest BCUT2D eigenvalue weighted by atomic mass is 9.98. The third kappa shape index (κ3) is 5.89. The summed E-state index contributed by atoms with van der Waals surface area (Å²) in [5.74, 6) is -1.88. The maximum Gasteiger partial charge on any atom is 0.417 e. The number of ketones is 1. The number of piperidine rings is 1. The molecule has 0 N–H and O–H groups in total. The molecule has 0 amide bonds. The molecule has 0 saturated carbocycles. The van der Waals surface area contributed by atoms with E-state index in [0.717, 1.165) is 22.5 Å². The van der Waals surface area contributed by atoms with Crippen molar-refractivity contribution >= 4 is 21.8 Å². The fourth-order valence-electron chi connectivity index (χ4n) is 4.04. The third-order valence-corrected chi connectivity index (χ3v) is 8.00. The van der Waals surface area contributed by atoms with Gasteiger partial charge in [-0.05, 0) is 73.5 Å². The van der Waals surface area contributed by atoms with Crippen molar-refractivity contribution in [3.8, 4) is 5.75 Å². The zero-order valence-electron chi connectivity index (χ0n) is 19.2. The Morgan fingerprint density at radius 2 is 1.38 bits per heavy atom. The van der Waals surface area contributed by atoms with Gasteiger partial charge in [0.1, 0.15) is 11.6 Å². The monoisotopic (exact) mass is 535 g/mol. The largest absolute Gasteiger partial charge is 0.426 e. The Labute approximate surface area is 210 Å². The Kier molecular flexibility index (Phi) is 7.47. The molecule has 6 nitrogen and oxygen atoms in total. The summed E-state index contributed by atoms with van der Waals surface area (Å²) in [6, 6.07) is 14.8. The van der Waals surface area contributed by atoms with Crippen LogP contribution in [0.25, 0.3) is 0 Å². The first-order valence-corrected chi connectivity index (χ1v) is 12.7. The van der Waals surface area contributed by atoms with Gasteiger partial charge in [-0.25, -0.2) is 12.8 Å². The summed E-state index contributed by atoms with van der Waals surface area (Å²) in [5.41, 5.74) is -0.632. The summed E-state index contributed by atoms with van der Waals surface area (Å²) in [5, 5.41) is 0. The average Bonchev–Trinajstić information content (AvgIpc) is 2.89. The summed E-state index contributed by atoms with van der Waals surface area (Å²) >= 11 is 0. The molecule has 0 radical (unpaired) electrons. The molecule has 0 unspecified atom stereocenters. The van der Waals surface area contributed by atoms with E-state index in [1.165, 1.54) is 54.6 Å². The van der Waals surface area contributed by atoms with Gasteiger partial charge in [-0.2, -0.15) is 17.5 Å². The van der Waals surface area contributed by atoms with Crippen LogP contribution in [-0.4, -0.2) is 37.6 Å². The van der Waals surface area contributed by atoms with Crippen LogP contribution in [0.3, 0.4) is 0 Å². The Bertz CT molecular complexity index is 1400. The highest BCUT2D eigenvalue weighted by atomic mass is 32.2. The molecule has 1 aliphatic rings. The van der Waals surface area contributed by atoms with Crippen molar-refractivity contribution in [3.63, 3.8) is 0 Å². The van der Waals surface area contributed by atoms with Gasteiger partial charge in [0.2, 0.25) is 10.0 Å². The van der Waals surface area contributed by atoms with E-state index in [4.69, 9.17) is 4.74 Å². The number of benzene rings is 3. The number of hydrogen-bond donors (Lipinski definition) is 0. The van der Waals surface area contributed by atoms with E-state index >= 15 is 0 Å². The second kappa shape index (κ2) is 10.4. The van der Waals surface area contributed by atoms with Gasteiger partial charge >= 0.3 is 12.1 Å². The summed E-state index contributed by atoms with van der Waals surface area (Å²) in [6.45, 7) is -0.279. The van der Waals surface area contributed by atoms with E-state index < -0.39 is 44.4 Å². The Morgan fingerprint density at radius 1 is 0.838 bits per heavy atom. The van der Waals surface area contributed by atoms with Gasteiger partial charge in [-0.3, -0.25) is 9.59 Å². The summed E-state index contributed by atoms with van der Waals surface area (Å²) < 4.78 is 85.1. The third-order valence-electron chi connectivity index (χ3n) is 6.04. The minimum Gasteiger partial charge on any atom is -0.426 e. The van der Waals surface area contributed by atoms with Gasteiger partial charge in [0.15, 0.2) is 5.78 Å². The Balaban J connectivity index is 1.37. The maximum atomic E-state index is 13.3. The molecule has 1 saturated heterocycles. The van der Waals surface area contributed by atoms with Crippen molar-refractivity contribution in [2.75, 3.05) is 13.1 Å². The first-order valence-electron chi connectivity index (χ1n) is 11.3. The zero-order valence-corrected chi connectivity index (χ0v) is 20.1. The van der Waals surface area contributed by atoms with Gasteiger partial charge in [0, 0.05) is 24.2 Å². The number of alkyl halides is 3. The van der Waals surface area contributed by atoms with Crippen molar-refractivity contribution in [2.24, 2.45) is 5.92 Å². The lowest BCUT2D eigenvalue weighted by molar-refractivity contribution is -0.140. The number of halogens is 4. The summed E-state index contributed by atoms with van der Waals surface area (Å²) in [6.07, 6.45) is -4.67. The molecule has 11 heteroatoms. The molecule has 1 fully saturated rings. The van der Waals surface area contributed by atoms with E-state index in [2.05, 4.69) is 0 Å². The van der Waals surface area contributed by atoms with E-state index in [9.17, 15) is 35.6 Å². The average molecular weight is 536 g/mol. The molecular formula is C26H21F4NO5S. The van der Waals surface area contributed by atoms with Crippen molar-refractivity contribution in [2.45, 2.75) is 23.9 Å². The van der Waals surface area contributed by atoms with Gasteiger partial charge in [-0.15, -0.1) is 0 Å². The van der Waals surface area contributed by atoms with Gasteiger partial charge in [0.25, 0.3) is 0 Å². The van der Waals surface area contributed by atoms with E-state index in [1.54, 1.807) is 0 Å². The van der Waals surface area contributed by atoms with Crippen LogP contribution in [0.5, 0.6) is 5.75 Å².